The van der Waals surface area contributed by atoms with Crippen LogP contribution in [-0.2, 0) is 14.3 Å². The van der Waals surface area contributed by atoms with Crippen LogP contribution in [0.5, 0.6) is 0 Å². The quantitative estimate of drug-likeness (QED) is 0.0261. The van der Waals surface area contributed by atoms with E-state index >= 15 is 0 Å². The van der Waals surface area contributed by atoms with Crippen LogP contribution in [-0.4, -0.2) is 87.5 Å². The molecule has 1 heterocycles. The highest BCUT2D eigenvalue weighted by molar-refractivity contribution is 5.76. The summed E-state index contributed by atoms with van der Waals surface area (Å²) in [6, 6.07) is -0.824. The summed E-state index contributed by atoms with van der Waals surface area (Å²) >= 11 is 0. The third-order valence-corrected chi connectivity index (χ3v) is 16.5. The van der Waals surface area contributed by atoms with E-state index < -0.39 is 49.5 Å². The first kappa shape index (κ1) is 77.6. The Hall–Kier alpha value is -2.37. The van der Waals surface area contributed by atoms with Crippen molar-refractivity contribution in [3.63, 3.8) is 0 Å². The van der Waals surface area contributed by atoms with Gasteiger partial charge < -0.3 is 40.3 Å². The zero-order valence-electron chi connectivity index (χ0n) is 53.5. The van der Waals surface area contributed by atoms with E-state index in [2.05, 4.69) is 79.9 Å². The van der Waals surface area contributed by atoms with Crippen LogP contribution >= 0.6 is 0 Å². The van der Waals surface area contributed by atoms with Crippen LogP contribution in [0, 0.1) is 0 Å². The maximum absolute atomic E-state index is 13.1. The largest absolute Gasteiger partial charge is 0.394 e. The summed E-state index contributed by atoms with van der Waals surface area (Å²) in [7, 11) is 0. The highest BCUT2D eigenvalue weighted by Crippen LogP contribution is 2.23. The molecule has 9 heteroatoms. The minimum atomic E-state index is -1.57. The lowest BCUT2D eigenvalue weighted by Gasteiger charge is -2.40. The summed E-state index contributed by atoms with van der Waals surface area (Å²) in [4.78, 5) is 13.1. The molecule has 0 aromatic carbocycles. The van der Waals surface area contributed by atoms with Crippen LogP contribution < -0.4 is 5.32 Å². The molecule has 1 fully saturated rings. The lowest BCUT2D eigenvalue weighted by atomic mass is 9.99. The molecule has 0 saturated carbocycles. The van der Waals surface area contributed by atoms with Gasteiger partial charge in [-0.15, -0.1) is 0 Å². The fourth-order valence-electron chi connectivity index (χ4n) is 11.1. The van der Waals surface area contributed by atoms with Crippen molar-refractivity contribution in [3.05, 3.63) is 72.9 Å². The van der Waals surface area contributed by atoms with Crippen molar-refractivity contribution in [1.29, 1.82) is 0 Å². The van der Waals surface area contributed by atoms with Gasteiger partial charge in [-0.2, -0.15) is 0 Å². The average Bonchev–Trinajstić information content (AvgIpc) is 3.52. The van der Waals surface area contributed by atoms with Crippen molar-refractivity contribution in [2.75, 3.05) is 13.2 Å². The number of amides is 1. The second-order valence-corrected chi connectivity index (χ2v) is 24.3. The normalized spacial score (nSPS) is 18.7. The summed E-state index contributed by atoms with van der Waals surface area (Å²) in [6.45, 7) is 3.69. The second kappa shape index (κ2) is 61.7. The van der Waals surface area contributed by atoms with Gasteiger partial charge in [-0.25, -0.2) is 0 Å². The highest BCUT2D eigenvalue weighted by Gasteiger charge is 2.44. The summed E-state index contributed by atoms with van der Waals surface area (Å²) < 4.78 is 11.3. The smallest absolute Gasteiger partial charge is 0.220 e. The van der Waals surface area contributed by atoms with E-state index in [1.54, 1.807) is 6.08 Å². The van der Waals surface area contributed by atoms with Gasteiger partial charge in [0.2, 0.25) is 5.91 Å². The maximum atomic E-state index is 13.1. The van der Waals surface area contributed by atoms with Crippen molar-refractivity contribution < 1.29 is 39.8 Å². The third-order valence-electron chi connectivity index (χ3n) is 16.5. The second-order valence-electron chi connectivity index (χ2n) is 24.3. The number of allylic oxidation sites excluding steroid dienone is 11. The lowest BCUT2D eigenvalue weighted by molar-refractivity contribution is -0.302. The fourth-order valence-corrected chi connectivity index (χ4v) is 11.1. The summed E-state index contributed by atoms with van der Waals surface area (Å²) in [5, 5.41) is 54.7. The molecule has 82 heavy (non-hydrogen) atoms. The van der Waals surface area contributed by atoms with Gasteiger partial charge in [-0.05, 0) is 70.6 Å². The first-order valence-corrected chi connectivity index (χ1v) is 35.2. The number of aliphatic hydroxyl groups excluding tert-OH is 5. The monoisotopic (exact) mass is 1150 g/mol. The molecule has 0 aromatic rings. The lowest BCUT2D eigenvalue weighted by Crippen LogP contribution is -2.60. The van der Waals surface area contributed by atoms with Crippen molar-refractivity contribution in [2.24, 2.45) is 0 Å². The molecule has 0 bridgehead atoms. The van der Waals surface area contributed by atoms with E-state index in [-0.39, 0.29) is 12.5 Å². The van der Waals surface area contributed by atoms with E-state index in [4.69, 9.17) is 9.47 Å². The molecule has 7 unspecified atom stereocenters. The summed E-state index contributed by atoms with van der Waals surface area (Å²) in [5.41, 5.74) is 0. The zero-order valence-corrected chi connectivity index (χ0v) is 53.5. The van der Waals surface area contributed by atoms with Crippen molar-refractivity contribution in [2.45, 2.75) is 371 Å². The van der Waals surface area contributed by atoms with E-state index in [1.807, 2.05) is 6.08 Å². The SMILES string of the molecule is CC/C=C\C/C=C\C/C=C\C/C=C\CCCCCCCCCCCCCCCCCCCCCCCCC(=O)NC(COC1OC(CO)C(O)C(O)C1O)C(O)/C=C/CC/C=C/CCCCCCCCCCCCCCCCCCCC. The number of nitrogens with one attached hydrogen (secondary N) is 1. The number of aliphatic hydroxyl groups is 5. The number of ether oxygens (including phenoxy) is 2. The Kier molecular flexibility index (Phi) is 58.4. The number of rotatable bonds is 61. The third kappa shape index (κ3) is 49.8. The van der Waals surface area contributed by atoms with E-state index in [1.165, 1.54) is 244 Å². The Morgan fingerprint density at radius 3 is 1.17 bits per heavy atom. The van der Waals surface area contributed by atoms with Crippen molar-refractivity contribution in [1.82, 2.24) is 5.32 Å². The van der Waals surface area contributed by atoms with Gasteiger partial charge >= 0.3 is 0 Å². The minimum Gasteiger partial charge on any atom is -0.394 e. The Morgan fingerprint density at radius 2 is 0.768 bits per heavy atom. The molecule has 0 spiro atoms. The first-order valence-electron chi connectivity index (χ1n) is 35.2. The Bertz CT molecular complexity index is 1520. The molecule has 1 rings (SSSR count). The Labute approximate surface area is 506 Å². The van der Waals surface area contributed by atoms with Crippen molar-refractivity contribution in [3.8, 4) is 0 Å². The van der Waals surface area contributed by atoms with Gasteiger partial charge in [-0.3, -0.25) is 4.79 Å². The van der Waals surface area contributed by atoms with Crippen LogP contribution in [0.2, 0.25) is 0 Å². The van der Waals surface area contributed by atoms with Gasteiger partial charge in [0.15, 0.2) is 6.29 Å². The standard InChI is InChI=1S/C73H133NO8/c1-3-5-7-9-11-13-15-17-19-21-23-25-27-29-30-31-32-33-34-35-36-37-38-39-41-43-45-47-49-51-53-55-57-59-61-63-69(77)74-66(65-81-73-72(80)71(79)70(78)68(64-75)82-73)67(76)62-60-58-56-54-52-50-48-46-44-42-40-28-26-24-22-20-18-16-14-12-10-8-6-4-2/h5,7,11,13,17,19,23,25,52,54,60,62,66-68,70-73,75-76,78-80H,3-4,6,8-10,12,14-16,18,20-22,24,26-51,53,55-59,61,63-65H2,1-2H3,(H,74,77)/b7-5-,13-11-,19-17-,25-23-,54-52+,62-60+. The predicted octanol–water partition coefficient (Wildman–Crippen LogP) is 19.1. The highest BCUT2D eigenvalue weighted by atomic mass is 16.7. The zero-order chi connectivity index (χ0) is 59.3. The van der Waals surface area contributed by atoms with Crippen molar-refractivity contribution >= 4 is 5.91 Å². The van der Waals surface area contributed by atoms with Gasteiger partial charge in [0.05, 0.1) is 25.4 Å². The predicted molar refractivity (Wildman–Crippen MR) is 350 cm³/mol. The van der Waals surface area contributed by atoms with Crippen LogP contribution in [0.4, 0.5) is 0 Å². The molecule has 7 atom stereocenters. The van der Waals surface area contributed by atoms with Crippen LogP contribution in [0.15, 0.2) is 72.9 Å². The number of hydrogen-bond acceptors (Lipinski definition) is 8. The molecule has 9 nitrogen and oxygen atoms in total. The molecule has 1 saturated heterocycles. The topological polar surface area (TPSA) is 149 Å². The fraction of sp³-hybridized carbons (Fsp3) is 0.822. The number of carbonyl (C=O) groups excluding carboxylic acids is 1. The molecule has 0 radical (unpaired) electrons. The Balaban J connectivity index is 2.12. The molecule has 0 aromatic heterocycles. The molecule has 1 amide bonds. The van der Waals surface area contributed by atoms with Gasteiger partial charge in [0, 0.05) is 6.42 Å². The van der Waals surface area contributed by atoms with Gasteiger partial charge in [-0.1, -0.05) is 324 Å². The number of unbranched alkanes of at least 4 members (excludes halogenated alkanes) is 41. The number of hydrogen-bond donors (Lipinski definition) is 6. The van der Waals surface area contributed by atoms with E-state index in [0.717, 1.165) is 64.2 Å². The first-order chi connectivity index (χ1) is 40.3. The Morgan fingerprint density at radius 1 is 0.427 bits per heavy atom. The molecular weight excluding hydrogens is 1020 g/mol. The van der Waals surface area contributed by atoms with E-state index in [0.29, 0.717) is 6.42 Å². The minimum absolute atomic E-state index is 0.182. The summed E-state index contributed by atoms with van der Waals surface area (Å²) in [5.74, 6) is -0.182. The van der Waals surface area contributed by atoms with Crippen LogP contribution in [0.1, 0.15) is 328 Å². The molecular formula is C73H133NO8. The average molecular weight is 1150 g/mol. The number of carbonyl (C=O) groups is 1. The van der Waals surface area contributed by atoms with E-state index in [9.17, 15) is 30.3 Å². The molecule has 478 valence electrons. The van der Waals surface area contributed by atoms with Crippen LogP contribution in [0.3, 0.4) is 0 Å². The molecule has 1 aliphatic heterocycles. The molecule has 1 aliphatic rings. The van der Waals surface area contributed by atoms with Crippen LogP contribution in [0.25, 0.3) is 0 Å². The molecule has 0 aliphatic carbocycles. The summed E-state index contributed by atoms with van der Waals surface area (Å²) in [6.07, 6.45) is 80.2. The molecule has 6 N–H and O–H groups in total. The maximum Gasteiger partial charge on any atom is 0.220 e. The van der Waals surface area contributed by atoms with Gasteiger partial charge in [0.1, 0.15) is 24.4 Å². The van der Waals surface area contributed by atoms with Gasteiger partial charge in [0.25, 0.3) is 0 Å².